The van der Waals surface area contributed by atoms with E-state index in [2.05, 4.69) is 45.1 Å². The molecule has 0 amide bonds. The zero-order valence-electron chi connectivity index (χ0n) is 7.96. The van der Waals surface area contributed by atoms with Gasteiger partial charge in [-0.1, -0.05) is 0 Å². The van der Waals surface area contributed by atoms with E-state index in [4.69, 9.17) is 0 Å². The molecule has 0 spiro atoms. The molecule has 0 saturated carbocycles. The molecule has 4 heteroatoms. The third kappa shape index (κ3) is 3.26. The van der Waals surface area contributed by atoms with E-state index in [1.54, 1.807) is 0 Å². The van der Waals surface area contributed by atoms with E-state index < -0.39 is 0 Å². The summed E-state index contributed by atoms with van der Waals surface area (Å²) in [6.45, 7) is 1.03. The first-order valence-electron chi connectivity index (χ1n) is 4.90. The van der Waals surface area contributed by atoms with Crippen LogP contribution in [0.5, 0.6) is 0 Å². The number of halogens is 1. The van der Waals surface area contributed by atoms with Crippen molar-refractivity contribution >= 4 is 39.0 Å². The number of hydrogen-bond donors (Lipinski definition) is 1. The van der Waals surface area contributed by atoms with Crippen LogP contribution >= 0.6 is 39.0 Å². The van der Waals surface area contributed by atoms with E-state index >= 15 is 0 Å². The van der Waals surface area contributed by atoms with Crippen molar-refractivity contribution in [1.82, 2.24) is 5.32 Å². The van der Waals surface area contributed by atoms with E-state index in [1.165, 1.54) is 33.0 Å². The first kappa shape index (κ1) is 11.0. The molecule has 0 bridgehead atoms. The molecule has 2 rings (SSSR count). The molecular weight excluding hydrogens is 278 g/mol. The highest BCUT2D eigenvalue weighted by Gasteiger charge is 2.12. The van der Waals surface area contributed by atoms with Crippen LogP contribution in [0, 0.1) is 0 Å². The van der Waals surface area contributed by atoms with E-state index in [-0.39, 0.29) is 0 Å². The van der Waals surface area contributed by atoms with Crippen molar-refractivity contribution in [3.05, 3.63) is 20.8 Å². The maximum absolute atomic E-state index is 3.62. The first-order valence-corrected chi connectivity index (χ1v) is 7.66. The van der Waals surface area contributed by atoms with Gasteiger partial charge >= 0.3 is 0 Å². The van der Waals surface area contributed by atoms with Gasteiger partial charge in [0.15, 0.2) is 0 Å². The average molecular weight is 292 g/mol. The molecule has 1 aromatic rings. The monoisotopic (exact) mass is 291 g/mol. The van der Waals surface area contributed by atoms with Crippen LogP contribution in [0.4, 0.5) is 0 Å². The van der Waals surface area contributed by atoms with Gasteiger partial charge < -0.3 is 5.32 Å². The fourth-order valence-electron chi connectivity index (χ4n) is 1.59. The van der Waals surface area contributed by atoms with Crippen molar-refractivity contribution in [1.29, 1.82) is 0 Å². The molecular formula is C10H14BrNS2. The Labute approximate surface area is 102 Å². The Hall–Kier alpha value is 0.490. The van der Waals surface area contributed by atoms with Crippen LogP contribution in [-0.2, 0) is 6.54 Å². The second kappa shape index (κ2) is 5.54. The lowest BCUT2D eigenvalue weighted by atomic mass is 10.2. The summed E-state index contributed by atoms with van der Waals surface area (Å²) in [6.07, 6.45) is 2.72. The van der Waals surface area contributed by atoms with E-state index in [0.717, 1.165) is 12.6 Å². The fraction of sp³-hybridized carbons (Fsp3) is 0.600. The average Bonchev–Trinajstić information content (AvgIpc) is 2.63. The standard InChI is InChI=1S/C10H14BrNS2/c11-10-4-3-9(14-10)6-12-8-2-1-5-13-7-8/h3-4,8,12H,1-2,5-7H2. The Kier molecular flexibility index (Phi) is 4.35. The predicted molar refractivity (Wildman–Crippen MR) is 69.2 cm³/mol. The normalized spacial score (nSPS) is 22.5. The summed E-state index contributed by atoms with van der Waals surface area (Å²) in [7, 11) is 0. The Morgan fingerprint density at radius 3 is 3.07 bits per heavy atom. The van der Waals surface area contributed by atoms with Crippen LogP contribution < -0.4 is 5.32 Å². The van der Waals surface area contributed by atoms with Crippen molar-refractivity contribution in [2.45, 2.75) is 25.4 Å². The van der Waals surface area contributed by atoms with Crippen molar-refractivity contribution in [3.63, 3.8) is 0 Å². The Bertz CT molecular complexity index is 281. The molecule has 1 nitrogen and oxygen atoms in total. The summed E-state index contributed by atoms with van der Waals surface area (Å²) in [5.74, 6) is 2.63. The van der Waals surface area contributed by atoms with Gasteiger partial charge in [0.2, 0.25) is 0 Å². The highest BCUT2D eigenvalue weighted by molar-refractivity contribution is 9.11. The van der Waals surface area contributed by atoms with Gasteiger partial charge in [-0.2, -0.15) is 11.8 Å². The maximum Gasteiger partial charge on any atom is 0.0701 e. The van der Waals surface area contributed by atoms with Crippen LogP contribution in [0.2, 0.25) is 0 Å². The third-order valence-corrected chi connectivity index (χ3v) is 5.19. The zero-order chi connectivity index (χ0) is 9.80. The van der Waals surface area contributed by atoms with Crippen LogP contribution in [0.25, 0.3) is 0 Å². The topological polar surface area (TPSA) is 12.0 Å². The molecule has 14 heavy (non-hydrogen) atoms. The summed E-state index contributed by atoms with van der Waals surface area (Å²) in [4.78, 5) is 1.42. The van der Waals surface area contributed by atoms with Crippen LogP contribution in [0.15, 0.2) is 15.9 Å². The molecule has 1 atom stereocenters. The fourth-order valence-corrected chi connectivity index (χ4v) is 4.13. The first-order chi connectivity index (χ1) is 6.84. The number of hydrogen-bond acceptors (Lipinski definition) is 3. The minimum atomic E-state index is 0.731. The van der Waals surface area contributed by atoms with Crippen LogP contribution in [0.1, 0.15) is 17.7 Å². The lowest BCUT2D eigenvalue weighted by Crippen LogP contribution is -2.32. The number of thiophene rings is 1. The molecule has 0 radical (unpaired) electrons. The number of thioether (sulfide) groups is 1. The minimum absolute atomic E-state index is 0.731. The summed E-state index contributed by atoms with van der Waals surface area (Å²) in [5, 5.41) is 3.62. The maximum atomic E-state index is 3.62. The lowest BCUT2D eigenvalue weighted by Gasteiger charge is -2.22. The van der Waals surface area contributed by atoms with Crippen molar-refractivity contribution in [2.24, 2.45) is 0 Å². The third-order valence-electron chi connectivity index (χ3n) is 2.35. The highest BCUT2D eigenvalue weighted by atomic mass is 79.9. The number of rotatable bonds is 3. The lowest BCUT2D eigenvalue weighted by molar-refractivity contribution is 0.510. The minimum Gasteiger partial charge on any atom is -0.308 e. The molecule has 1 aliphatic rings. The summed E-state index contributed by atoms with van der Waals surface area (Å²) < 4.78 is 1.23. The number of nitrogens with one attached hydrogen (secondary N) is 1. The van der Waals surface area contributed by atoms with Crippen molar-refractivity contribution in [2.75, 3.05) is 11.5 Å². The van der Waals surface area contributed by atoms with E-state index in [9.17, 15) is 0 Å². The SMILES string of the molecule is Brc1ccc(CNC2CCCSC2)s1. The smallest absolute Gasteiger partial charge is 0.0701 e. The van der Waals surface area contributed by atoms with Gasteiger partial charge in [-0.3, -0.25) is 0 Å². The second-order valence-corrected chi connectivity index (χ2v) is 7.20. The molecule has 1 aromatic heterocycles. The predicted octanol–water partition coefficient (Wildman–Crippen LogP) is 3.50. The molecule has 1 aliphatic heterocycles. The van der Waals surface area contributed by atoms with Gasteiger partial charge in [0, 0.05) is 23.2 Å². The van der Waals surface area contributed by atoms with Crippen LogP contribution in [-0.4, -0.2) is 17.5 Å². The largest absolute Gasteiger partial charge is 0.308 e. The van der Waals surface area contributed by atoms with Gasteiger partial charge in [-0.25, -0.2) is 0 Å². The van der Waals surface area contributed by atoms with Gasteiger partial charge in [0.1, 0.15) is 0 Å². The van der Waals surface area contributed by atoms with Gasteiger partial charge in [-0.15, -0.1) is 11.3 Å². The summed E-state index contributed by atoms with van der Waals surface area (Å²) >= 11 is 7.38. The summed E-state index contributed by atoms with van der Waals surface area (Å²) in [5.41, 5.74) is 0. The highest BCUT2D eigenvalue weighted by Crippen LogP contribution is 2.23. The second-order valence-electron chi connectivity index (χ2n) is 3.50. The molecule has 1 unspecified atom stereocenters. The van der Waals surface area contributed by atoms with Gasteiger partial charge in [0.05, 0.1) is 3.79 Å². The van der Waals surface area contributed by atoms with Crippen molar-refractivity contribution < 1.29 is 0 Å². The van der Waals surface area contributed by atoms with Gasteiger partial charge in [0.25, 0.3) is 0 Å². The molecule has 1 saturated heterocycles. The molecule has 0 aromatic carbocycles. The zero-order valence-corrected chi connectivity index (χ0v) is 11.2. The summed E-state index contributed by atoms with van der Waals surface area (Å²) in [6, 6.07) is 5.05. The molecule has 78 valence electrons. The van der Waals surface area contributed by atoms with Gasteiger partial charge in [-0.05, 0) is 46.7 Å². The van der Waals surface area contributed by atoms with Crippen LogP contribution in [0.3, 0.4) is 0 Å². The Morgan fingerprint density at radius 2 is 2.43 bits per heavy atom. The molecule has 2 heterocycles. The molecule has 1 N–H and O–H groups in total. The van der Waals surface area contributed by atoms with Crippen molar-refractivity contribution in [3.8, 4) is 0 Å². The molecule has 1 fully saturated rings. The van der Waals surface area contributed by atoms with E-state index in [0.29, 0.717) is 0 Å². The quantitative estimate of drug-likeness (QED) is 0.915. The Balaban J connectivity index is 1.76. The molecule has 0 aliphatic carbocycles. The Morgan fingerprint density at radius 1 is 1.50 bits per heavy atom. The van der Waals surface area contributed by atoms with E-state index in [1.807, 2.05) is 11.3 Å².